The van der Waals surface area contributed by atoms with Crippen LogP contribution in [0, 0.1) is 0 Å². The third-order valence-corrected chi connectivity index (χ3v) is 3.64. The minimum atomic E-state index is 0.240. The molecule has 3 rings (SSSR count). The molecule has 1 aliphatic heterocycles. The van der Waals surface area contributed by atoms with Crippen molar-refractivity contribution in [2.75, 3.05) is 11.9 Å². The van der Waals surface area contributed by atoms with E-state index in [0.717, 1.165) is 6.42 Å². The van der Waals surface area contributed by atoms with Gasteiger partial charge in [0.1, 0.15) is 0 Å². The van der Waals surface area contributed by atoms with E-state index in [1.54, 1.807) is 0 Å². The molecule has 2 heteroatoms. The van der Waals surface area contributed by atoms with E-state index in [0.29, 0.717) is 6.42 Å². The number of amides is 1. The number of hydrogen-bond donors (Lipinski definition) is 0. The van der Waals surface area contributed by atoms with E-state index in [2.05, 4.69) is 12.1 Å². The van der Waals surface area contributed by atoms with Crippen LogP contribution in [0.3, 0.4) is 0 Å². The predicted octanol–water partition coefficient (Wildman–Crippen LogP) is 2.08. The van der Waals surface area contributed by atoms with Gasteiger partial charge < -0.3 is 4.90 Å². The number of hydrogen-bond acceptors (Lipinski definition) is 1. The molecule has 0 unspecified atom stereocenters. The summed E-state index contributed by atoms with van der Waals surface area (Å²) in [6.45, 7) is 0. The maximum absolute atomic E-state index is 11.6. The molecule has 1 amide bonds. The Bertz CT molecular complexity index is 436. The molecule has 1 aromatic rings. The van der Waals surface area contributed by atoms with Crippen molar-refractivity contribution in [3.05, 3.63) is 28.8 Å². The Kier molecular flexibility index (Phi) is 1.84. The summed E-state index contributed by atoms with van der Waals surface area (Å²) in [6.07, 6.45) is 5.49. The Hall–Kier alpha value is -1.31. The quantitative estimate of drug-likeness (QED) is 0.629. The molecule has 2 aliphatic rings. The van der Waals surface area contributed by atoms with Gasteiger partial charge in [-0.05, 0) is 42.4 Å². The van der Waals surface area contributed by atoms with E-state index in [-0.39, 0.29) is 5.91 Å². The molecule has 0 spiro atoms. The molecule has 15 heavy (non-hydrogen) atoms. The number of rotatable bonds is 0. The van der Waals surface area contributed by atoms with Crippen molar-refractivity contribution >= 4 is 11.6 Å². The van der Waals surface area contributed by atoms with E-state index in [1.807, 2.05) is 11.9 Å². The van der Waals surface area contributed by atoms with Gasteiger partial charge in [0.2, 0.25) is 5.91 Å². The molecule has 0 atom stereocenters. The van der Waals surface area contributed by atoms with Crippen LogP contribution in [0.2, 0.25) is 0 Å². The van der Waals surface area contributed by atoms with Gasteiger partial charge >= 0.3 is 0 Å². The Morgan fingerprint density at radius 1 is 1.13 bits per heavy atom. The average Bonchev–Trinajstić information content (AvgIpc) is 2.55. The van der Waals surface area contributed by atoms with E-state index >= 15 is 0 Å². The van der Waals surface area contributed by atoms with E-state index < -0.39 is 0 Å². The lowest BCUT2D eigenvalue weighted by Gasteiger charge is -2.22. The molecule has 78 valence electrons. The summed E-state index contributed by atoms with van der Waals surface area (Å²) in [7, 11) is 1.91. The van der Waals surface area contributed by atoms with Crippen molar-refractivity contribution in [3.8, 4) is 0 Å². The zero-order chi connectivity index (χ0) is 10.4. The maximum atomic E-state index is 11.6. The lowest BCUT2D eigenvalue weighted by molar-refractivity contribution is -0.117. The van der Waals surface area contributed by atoms with Gasteiger partial charge in [-0.15, -0.1) is 0 Å². The third kappa shape index (κ3) is 1.21. The van der Waals surface area contributed by atoms with Crippen LogP contribution < -0.4 is 4.90 Å². The first-order chi connectivity index (χ1) is 7.27. The Morgan fingerprint density at radius 2 is 1.87 bits per heavy atom. The van der Waals surface area contributed by atoms with Crippen LogP contribution in [0.25, 0.3) is 0 Å². The van der Waals surface area contributed by atoms with Gasteiger partial charge in [0.25, 0.3) is 0 Å². The second kappa shape index (κ2) is 3.09. The summed E-state index contributed by atoms with van der Waals surface area (Å²) in [5.74, 6) is 0.240. The molecule has 0 saturated carbocycles. The zero-order valence-corrected chi connectivity index (χ0v) is 9.05. The molecular weight excluding hydrogens is 186 g/mol. The van der Waals surface area contributed by atoms with Crippen molar-refractivity contribution in [2.45, 2.75) is 32.1 Å². The van der Waals surface area contributed by atoms with Gasteiger partial charge in [0.05, 0.1) is 12.1 Å². The second-order valence-electron chi connectivity index (χ2n) is 4.55. The van der Waals surface area contributed by atoms with Crippen LogP contribution in [0.4, 0.5) is 5.69 Å². The van der Waals surface area contributed by atoms with Gasteiger partial charge in [-0.3, -0.25) is 4.79 Å². The van der Waals surface area contributed by atoms with Crippen LogP contribution in [-0.2, 0) is 24.1 Å². The minimum absolute atomic E-state index is 0.240. The first-order valence-electron chi connectivity index (χ1n) is 5.67. The smallest absolute Gasteiger partial charge is 0.231 e. The standard InChI is InChI=1S/C13H15NO/c1-14-12(15)8-10-7-6-9-4-2-3-5-11(9)13(10)14/h6-7H,2-5,8H2,1H3. The average molecular weight is 201 g/mol. The van der Waals surface area contributed by atoms with Crippen molar-refractivity contribution in [1.82, 2.24) is 0 Å². The summed E-state index contributed by atoms with van der Waals surface area (Å²) in [5.41, 5.74) is 5.34. The van der Waals surface area contributed by atoms with Crippen LogP contribution in [0.15, 0.2) is 12.1 Å². The van der Waals surface area contributed by atoms with E-state index in [4.69, 9.17) is 0 Å². The van der Waals surface area contributed by atoms with Crippen molar-refractivity contribution in [2.24, 2.45) is 0 Å². The van der Waals surface area contributed by atoms with Crippen LogP contribution in [0.1, 0.15) is 29.5 Å². The summed E-state index contributed by atoms with van der Waals surface area (Å²) in [4.78, 5) is 13.5. The molecule has 1 heterocycles. The molecule has 1 aliphatic carbocycles. The minimum Gasteiger partial charge on any atom is -0.315 e. The number of benzene rings is 1. The summed E-state index contributed by atoms with van der Waals surface area (Å²) in [6, 6.07) is 4.36. The van der Waals surface area contributed by atoms with Gasteiger partial charge in [-0.25, -0.2) is 0 Å². The molecule has 0 bridgehead atoms. The summed E-state index contributed by atoms with van der Waals surface area (Å²) in [5, 5.41) is 0. The molecule has 0 radical (unpaired) electrons. The Labute approximate surface area is 89.9 Å². The monoisotopic (exact) mass is 201 g/mol. The predicted molar refractivity (Wildman–Crippen MR) is 60.2 cm³/mol. The number of likely N-dealkylation sites (N-methyl/N-ethyl adjacent to an activating group) is 1. The Balaban J connectivity index is 2.19. The second-order valence-corrected chi connectivity index (χ2v) is 4.55. The van der Waals surface area contributed by atoms with Crippen molar-refractivity contribution < 1.29 is 4.79 Å². The number of carbonyl (C=O) groups excluding carboxylic acids is 1. The zero-order valence-electron chi connectivity index (χ0n) is 9.05. The summed E-state index contributed by atoms with van der Waals surface area (Å²) >= 11 is 0. The van der Waals surface area contributed by atoms with E-state index in [9.17, 15) is 4.79 Å². The number of aryl methyl sites for hydroxylation is 1. The van der Waals surface area contributed by atoms with Gasteiger partial charge in [0, 0.05) is 7.05 Å². The fourth-order valence-corrected chi connectivity index (χ4v) is 2.82. The lowest BCUT2D eigenvalue weighted by atomic mass is 9.89. The van der Waals surface area contributed by atoms with Gasteiger partial charge in [-0.1, -0.05) is 12.1 Å². The Morgan fingerprint density at radius 3 is 2.73 bits per heavy atom. The first-order valence-corrected chi connectivity index (χ1v) is 5.67. The third-order valence-electron chi connectivity index (χ3n) is 3.64. The molecule has 0 saturated heterocycles. The number of carbonyl (C=O) groups is 1. The molecule has 2 nitrogen and oxygen atoms in total. The molecule has 1 aromatic carbocycles. The highest BCUT2D eigenvalue weighted by molar-refractivity contribution is 6.02. The highest BCUT2D eigenvalue weighted by atomic mass is 16.2. The topological polar surface area (TPSA) is 20.3 Å². The number of fused-ring (bicyclic) bond motifs is 3. The molecule has 0 aromatic heterocycles. The normalized spacial score (nSPS) is 19.0. The highest BCUT2D eigenvalue weighted by Crippen LogP contribution is 2.37. The van der Waals surface area contributed by atoms with Gasteiger partial charge in [-0.2, -0.15) is 0 Å². The molecule has 0 fully saturated rings. The highest BCUT2D eigenvalue weighted by Gasteiger charge is 2.28. The van der Waals surface area contributed by atoms with Crippen LogP contribution in [0.5, 0.6) is 0 Å². The van der Waals surface area contributed by atoms with Crippen molar-refractivity contribution in [3.63, 3.8) is 0 Å². The maximum Gasteiger partial charge on any atom is 0.231 e. The molecular formula is C13H15NO. The number of nitrogens with zero attached hydrogens (tertiary/aromatic N) is 1. The molecule has 0 N–H and O–H groups in total. The van der Waals surface area contributed by atoms with Gasteiger partial charge in [0.15, 0.2) is 0 Å². The van der Waals surface area contributed by atoms with E-state index in [1.165, 1.54) is 41.6 Å². The fraction of sp³-hybridized carbons (Fsp3) is 0.462. The summed E-state index contributed by atoms with van der Waals surface area (Å²) < 4.78 is 0. The first kappa shape index (κ1) is 8.96. The number of anilines is 1. The van der Waals surface area contributed by atoms with Crippen LogP contribution in [-0.4, -0.2) is 13.0 Å². The lowest BCUT2D eigenvalue weighted by Crippen LogP contribution is -2.22. The van der Waals surface area contributed by atoms with Crippen molar-refractivity contribution in [1.29, 1.82) is 0 Å². The SMILES string of the molecule is CN1C(=O)Cc2ccc3c(c21)CCCC3. The van der Waals surface area contributed by atoms with Crippen LogP contribution >= 0.6 is 0 Å². The largest absolute Gasteiger partial charge is 0.315 e. The fourth-order valence-electron chi connectivity index (χ4n) is 2.82.